The Bertz CT molecular complexity index is 837. The van der Waals surface area contributed by atoms with Crippen LogP contribution in [0.4, 0.5) is 10.8 Å². The Labute approximate surface area is 164 Å². The summed E-state index contributed by atoms with van der Waals surface area (Å²) in [6.07, 6.45) is 3.34. The van der Waals surface area contributed by atoms with E-state index >= 15 is 0 Å². The van der Waals surface area contributed by atoms with Crippen LogP contribution < -0.4 is 5.32 Å². The summed E-state index contributed by atoms with van der Waals surface area (Å²) in [6.45, 7) is 4.02. The second-order valence-electron chi connectivity index (χ2n) is 5.31. The summed E-state index contributed by atoms with van der Waals surface area (Å²) >= 11 is 8.49. The van der Waals surface area contributed by atoms with Gasteiger partial charge in [0.25, 0.3) is 0 Å². The van der Waals surface area contributed by atoms with Gasteiger partial charge >= 0.3 is 0 Å². The van der Waals surface area contributed by atoms with Crippen molar-refractivity contribution in [2.45, 2.75) is 11.7 Å². The maximum atomic E-state index is 12.6. The van der Waals surface area contributed by atoms with Crippen molar-refractivity contribution in [3.8, 4) is 0 Å². The first-order valence-electron chi connectivity index (χ1n) is 7.69. The molecule has 6 nitrogen and oxygen atoms in total. The molecule has 1 atom stereocenters. The summed E-state index contributed by atoms with van der Waals surface area (Å²) in [7, 11) is 0. The minimum Gasteiger partial charge on any atom is -0.326 e. The Morgan fingerprint density at radius 1 is 1.42 bits per heavy atom. The van der Waals surface area contributed by atoms with Gasteiger partial charge in [0.05, 0.1) is 0 Å². The number of thioether (sulfide) groups is 1. The number of hydrogen-bond acceptors (Lipinski definition) is 6. The Kier molecular flexibility index (Phi) is 6.08. The van der Waals surface area contributed by atoms with Crippen LogP contribution in [0.25, 0.3) is 0 Å². The minimum atomic E-state index is -0.527. The van der Waals surface area contributed by atoms with E-state index in [1.807, 2.05) is 5.38 Å². The van der Waals surface area contributed by atoms with E-state index in [1.165, 1.54) is 28.0 Å². The number of thiazole rings is 1. The van der Waals surface area contributed by atoms with Gasteiger partial charge in [-0.2, -0.15) is 4.99 Å². The van der Waals surface area contributed by atoms with Crippen molar-refractivity contribution in [2.24, 2.45) is 4.99 Å². The zero-order valence-corrected chi connectivity index (χ0v) is 16.0. The first kappa shape index (κ1) is 18.6. The van der Waals surface area contributed by atoms with Crippen molar-refractivity contribution in [2.75, 3.05) is 11.9 Å². The van der Waals surface area contributed by atoms with E-state index < -0.39 is 5.25 Å². The molecule has 1 saturated heterocycles. The van der Waals surface area contributed by atoms with Crippen LogP contribution in [0.15, 0.2) is 53.5 Å². The molecule has 0 bridgehead atoms. The molecule has 0 radical (unpaired) electrons. The maximum absolute atomic E-state index is 12.6. The number of benzene rings is 1. The lowest BCUT2D eigenvalue weighted by molar-refractivity contribution is -0.127. The number of amides is 2. The summed E-state index contributed by atoms with van der Waals surface area (Å²) < 4.78 is 0. The molecule has 2 aromatic rings. The number of nitrogens with zero attached hydrogens (tertiary/aromatic N) is 3. The molecule has 2 heterocycles. The molecule has 0 unspecified atom stereocenters. The highest BCUT2D eigenvalue weighted by Gasteiger charge is 2.38. The number of aromatic nitrogens is 1. The summed E-state index contributed by atoms with van der Waals surface area (Å²) in [4.78, 5) is 35.0. The lowest BCUT2D eigenvalue weighted by Gasteiger charge is -2.13. The van der Waals surface area contributed by atoms with Gasteiger partial charge in [-0.3, -0.25) is 14.5 Å². The van der Waals surface area contributed by atoms with Gasteiger partial charge in [0.2, 0.25) is 16.9 Å². The number of aliphatic imine (C=N–C) groups is 1. The number of amidine groups is 1. The Morgan fingerprint density at radius 3 is 2.85 bits per heavy atom. The molecule has 0 aliphatic carbocycles. The smallest absolute Gasteiger partial charge is 0.242 e. The van der Waals surface area contributed by atoms with Crippen molar-refractivity contribution >= 4 is 62.5 Å². The van der Waals surface area contributed by atoms with E-state index in [0.717, 1.165) is 0 Å². The third-order valence-electron chi connectivity index (χ3n) is 3.44. The Balaban J connectivity index is 1.69. The van der Waals surface area contributed by atoms with Crippen molar-refractivity contribution in [3.05, 3.63) is 53.5 Å². The van der Waals surface area contributed by atoms with Crippen LogP contribution in [-0.4, -0.2) is 38.7 Å². The molecular weight excluding hydrogens is 392 g/mol. The normalized spacial score (nSPS) is 18.3. The van der Waals surface area contributed by atoms with Gasteiger partial charge in [-0.1, -0.05) is 29.4 Å². The van der Waals surface area contributed by atoms with Gasteiger partial charge in [0.1, 0.15) is 5.25 Å². The van der Waals surface area contributed by atoms with E-state index in [2.05, 4.69) is 21.9 Å². The number of carbonyl (C=O) groups excluding carboxylic acids is 2. The van der Waals surface area contributed by atoms with Crippen molar-refractivity contribution in [1.29, 1.82) is 0 Å². The van der Waals surface area contributed by atoms with Crippen LogP contribution in [0.3, 0.4) is 0 Å². The molecule has 2 amide bonds. The van der Waals surface area contributed by atoms with E-state index in [4.69, 9.17) is 11.6 Å². The molecule has 1 aliphatic rings. The highest BCUT2D eigenvalue weighted by Crippen LogP contribution is 2.32. The largest absolute Gasteiger partial charge is 0.326 e. The first-order valence-corrected chi connectivity index (χ1v) is 9.83. The van der Waals surface area contributed by atoms with Crippen LogP contribution in [-0.2, 0) is 9.59 Å². The zero-order valence-electron chi connectivity index (χ0n) is 13.6. The third kappa shape index (κ3) is 4.51. The summed E-state index contributed by atoms with van der Waals surface area (Å²) in [6, 6.07) is 6.81. The topological polar surface area (TPSA) is 74.7 Å². The molecule has 3 rings (SSSR count). The van der Waals surface area contributed by atoms with Gasteiger partial charge in [0.15, 0.2) is 5.17 Å². The molecule has 1 aromatic heterocycles. The molecule has 26 heavy (non-hydrogen) atoms. The van der Waals surface area contributed by atoms with Gasteiger partial charge in [-0.25, -0.2) is 4.98 Å². The van der Waals surface area contributed by atoms with Gasteiger partial charge in [-0.15, -0.1) is 17.9 Å². The van der Waals surface area contributed by atoms with Gasteiger partial charge in [0, 0.05) is 35.3 Å². The quantitative estimate of drug-likeness (QED) is 0.737. The third-order valence-corrected chi connectivity index (χ3v) is 5.53. The van der Waals surface area contributed by atoms with Crippen LogP contribution in [0.5, 0.6) is 0 Å². The molecule has 0 saturated carbocycles. The first-order chi connectivity index (χ1) is 12.6. The van der Waals surface area contributed by atoms with Gasteiger partial charge in [-0.05, 0) is 24.3 Å². The van der Waals surface area contributed by atoms with Crippen molar-refractivity contribution < 1.29 is 9.59 Å². The molecule has 0 spiro atoms. The van der Waals surface area contributed by atoms with Crippen molar-refractivity contribution in [1.82, 2.24) is 9.88 Å². The fourth-order valence-corrected chi connectivity index (χ4v) is 4.13. The van der Waals surface area contributed by atoms with E-state index in [0.29, 0.717) is 27.6 Å². The standard InChI is InChI=1S/C17H15ClN4O2S2/c1-2-8-22-15(24)13(26-17(22)21-16-19-7-9-25-16)10-14(23)20-12-5-3-11(18)4-6-12/h2-7,9,13H,1,8,10H2,(H,20,23)/t13-/m1/s1. The average Bonchev–Trinajstić information content (AvgIpc) is 3.22. The van der Waals surface area contributed by atoms with Crippen molar-refractivity contribution in [3.63, 3.8) is 0 Å². The SMILES string of the molecule is C=CCN1C(=O)[C@@H](CC(=O)Nc2ccc(Cl)cc2)SC1=Nc1nccs1. The number of hydrogen-bond donors (Lipinski definition) is 1. The van der Waals surface area contributed by atoms with Crippen LogP contribution >= 0.6 is 34.7 Å². The lowest BCUT2D eigenvalue weighted by atomic mass is 10.2. The molecule has 1 fully saturated rings. The number of anilines is 1. The molecule has 1 aromatic carbocycles. The fourth-order valence-electron chi connectivity index (χ4n) is 2.29. The average molecular weight is 407 g/mol. The van der Waals surface area contributed by atoms with E-state index in [1.54, 1.807) is 36.5 Å². The monoisotopic (exact) mass is 406 g/mol. The second kappa shape index (κ2) is 8.48. The number of halogens is 1. The predicted octanol–water partition coefficient (Wildman–Crippen LogP) is 3.94. The predicted molar refractivity (Wildman–Crippen MR) is 107 cm³/mol. The van der Waals surface area contributed by atoms with E-state index in [-0.39, 0.29) is 18.2 Å². The molecule has 1 aliphatic heterocycles. The fraction of sp³-hybridized carbons (Fsp3) is 0.176. The van der Waals surface area contributed by atoms with Crippen LogP contribution in [0, 0.1) is 0 Å². The number of carbonyl (C=O) groups is 2. The lowest BCUT2D eigenvalue weighted by Crippen LogP contribution is -2.33. The second-order valence-corrected chi connectivity index (χ2v) is 7.79. The summed E-state index contributed by atoms with van der Waals surface area (Å²) in [5.41, 5.74) is 0.634. The minimum absolute atomic E-state index is 0.0522. The Hall–Kier alpha value is -2.16. The van der Waals surface area contributed by atoms with Crippen LogP contribution in [0.1, 0.15) is 6.42 Å². The van der Waals surface area contributed by atoms with Crippen LogP contribution in [0.2, 0.25) is 5.02 Å². The summed E-state index contributed by atoms with van der Waals surface area (Å²) in [5.74, 6) is -0.399. The molecule has 1 N–H and O–H groups in total. The molecule has 9 heteroatoms. The van der Waals surface area contributed by atoms with E-state index in [9.17, 15) is 9.59 Å². The zero-order chi connectivity index (χ0) is 18.5. The molecule has 134 valence electrons. The highest BCUT2D eigenvalue weighted by molar-refractivity contribution is 8.15. The van der Waals surface area contributed by atoms with Gasteiger partial charge < -0.3 is 5.32 Å². The number of nitrogens with one attached hydrogen (secondary N) is 1. The molecular formula is C17H15ClN4O2S2. The summed E-state index contributed by atoms with van der Waals surface area (Å²) in [5, 5.41) is 5.76. The Morgan fingerprint density at radius 2 is 2.19 bits per heavy atom. The maximum Gasteiger partial charge on any atom is 0.242 e. The number of rotatable bonds is 6. The highest BCUT2D eigenvalue weighted by atomic mass is 35.5.